The summed E-state index contributed by atoms with van der Waals surface area (Å²) in [4.78, 5) is 13.0. The van der Waals surface area contributed by atoms with Crippen molar-refractivity contribution in [3.63, 3.8) is 0 Å². The Bertz CT molecular complexity index is 952. The zero-order valence-electron chi connectivity index (χ0n) is 15.3. The van der Waals surface area contributed by atoms with Crippen LogP contribution in [0.25, 0.3) is 5.57 Å². The van der Waals surface area contributed by atoms with E-state index in [0.717, 1.165) is 6.26 Å². The molecule has 4 nitrogen and oxygen atoms in total. The van der Waals surface area contributed by atoms with E-state index in [-0.39, 0.29) is 6.61 Å². The lowest BCUT2D eigenvalue weighted by Gasteiger charge is -2.27. The lowest BCUT2D eigenvalue weighted by molar-refractivity contribution is -0.160. The van der Waals surface area contributed by atoms with Crippen molar-refractivity contribution < 1.29 is 19.7 Å². The molecule has 148 valence electrons. The van der Waals surface area contributed by atoms with E-state index in [1.165, 1.54) is 0 Å². The number of esters is 1. The summed E-state index contributed by atoms with van der Waals surface area (Å²) >= 11 is 11.9. The first-order chi connectivity index (χ1) is 13.9. The number of aliphatic hydroxyl groups is 2. The minimum Gasteiger partial charge on any atom is -0.515 e. The molecular weight excluding hydrogens is 411 g/mol. The minimum atomic E-state index is -2.08. The molecule has 0 heterocycles. The summed E-state index contributed by atoms with van der Waals surface area (Å²) in [7, 11) is 0. The average molecular weight is 429 g/mol. The average Bonchev–Trinajstić information content (AvgIpc) is 2.75. The highest BCUT2D eigenvalue weighted by molar-refractivity contribution is 6.30. The largest absolute Gasteiger partial charge is 0.515 e. The molecule has 0 amide bonds. The molecule has 0 spiro atoms. The molecule has 0 atom stereocenters. The first kappa shape index (κ1) is 20.9. The molecule has 3 aromatic carbocycles. The molecule has 0 aliphatic heterocycles. The zero-order chi connectivity index (χ0) is 20.9. The Hall–Kier alpha value is -2.79. The number of aliphatic hydroxyl groups excluding tert-OH is 1. The van der Waals surface area contributed by atoms with Crippen molar-refractivity contribution in [3.8, 4) is 0 Å². The van der Waals surface area contributed by atoms with Crippen LogP contribution >= 0.6 is 23.2 Å². The number of ether oxygens (including phenoxy) is 1. The fraction of sp³-hybridized carbons (Fsp3) is 0.0870. The Morgan fingerprint density at radius 1 is 0.862 bits per heavy atom. The molecule has 3 rings (SSSR count). The highest BCUT2D eigenvalue weighted by Gasteiger charge is 2.42. The number of hydrogen-bond acceptors (Lipinski definition) is 4. The van der Waals surface area contributed by atoms with Crippen LogP contribution in [-0.4, -0.2) is 22.8 Å². The SMILES string of the molecule is O=C(OCC(=CO)c1ccccc1)C(O)(c1ccc(Cl)cc1)c1ccc(Cl)cc1. The van der Waals surface area contributed by atoms with Crippen LogP contribution in [-0.2, 0) is 15.1 Å². The first-order valence-electron chi connectivity index (χ1n) is 8.75. The van der Waals surface area contributed by atoms with Crippen molar-refractivity contribution in [2.75, 3.05) is 6.61 Å². The zero-order valence-corrected chi connectivity index (χ0v) is 16.8. The van der Waals surface area contributed by atoms with Crippen molar-refractivity contribution in [2.24, 2.45) is 0 Å². The molecule has 6 heteroatoms. The van der Waals surface area contributed by atoms with E-state index in [0.29, 0.717) is 32.3 Å². The number of carbonyl (C=O) groups is 1. The van der Waals surface area contributed by atoms with Crippen LogP contribution in [0.5, 0.6) is 0 Å². The first-order valence-corrected chi connectivity index (χ1v) is 9.51. The van der Waals surface area contributed by atoms with Crippen LogP contribution in [0.1, 0.15) is 16.7 Å². The van der Waals surface area contributed by atoms with Gasteiger partial charge in [-0.15, -0.1) is 0 Å². The third kappa shape index (κ3) is 4.62. The fourth-order valence-electron chi connectivity index (χ4n) is 2.88. The van der Waals surface area contributed by atoms with Crippen LogP contribution in [0.3, 0.4) is 0 Å². The van der Waals surface area contributed by atoms with Gasteiger partial charge in [-0.2, -0.15) is 0 Å². The molecule has 0 aliphatic carbocycles. The van der Waals surface area contributed by atoms with Gasteiger partial charge in [-0.25, -0.2) is 4.79 Å². The Morgan fingerprint density at radius 2 is 1.34 bits per heavy atom. The molecule has 0 saturated carbocycles. The van der Waals surface area contributed by atoms with Crippen molar-refractivity contribution in [1.82, 2.24) is 0 Å². The van der Waals surface area contributed by atoms with Crippen LogP contribution in [0.2, 0.25) is 10.0 Å². The van der Waals surface area contributed by atoms with E-state index in [9.17, 15) is 15.0 Å². The van der Waals surface area contributed by atoms with Gasteiger partial charge in [0, 0.05) is 15.6 Å². The highest BCUT2D eigenvalue weighted by atomic mass is 35.5. The van der Waals surface area contributed by atoms with Gasteiger partial charge >= 0.3 is 5.97 Å². The molecule has 0 fully saturated rings. The van der Waals surface area contributed by atoms with E-state index in [1.807, 2.05) is 6.07 Å². The molecule has 2 N–H and O–H groups in total. The number of rotatable bonds is 6. The van der Waals surface area contributed by atoms with Crippen LogP contribution < -0.4 is 0 Å². The lowest BCUT2D eigenvalue weighted by atomic mass is 9.86. The van der Waals surface area contributed by atoms with Crippen LogP contribution in [0.4, 0.5) is 0 Å². The maximum atomic E-state index is 13.0. The van der Waals surface area contributed by atoms with E-state index in [2.05, 4.69) is 0 Å². The van der Waals surface area contributed by atoms with Crippen molar-refractivity contribution in [2.45, 2.75) is 5.60 Å². The molecule has 0 unspecified atom stereocenters. The van der Waals surface area contributed by atoms with E-state index in [4.69, 9.17) is 27.9 Å². The number of halogens is 2. The van der Waals surface area contributed by atoms with Crippen LogP contribution in [0, 0.1) is 0 Å². The van der Waals surface area contributed by atoms with Gasteiger partial charge in [0.1, 0.15) is 6.61 Å². The van der Waals surface area contributed by atoms with E-state index in [1.54, 1.807) is 72.8 Å². The van der Waals surface area contributed by atoms with Gasteiger partial charge in [0.15, 0.2) is 0 Å². The monoisotopic (exact) mass is 428 g/mol. The summed E-state index contributed by atoms with van der Waals surface area (Å²) < 4.78 is 5.40. The van der Waals surface area contributed by atoms with Gasteiger partial charge in [0.05, 0.1) is 6.26 Å². The molecule has 3 aromatic rings. The van der Waals surface area contributed by atoms with Gasteiger partial charge < -0.3 is 14.9 Å². The molecular formula is C23H18Cl2O4. The molecule has 0 radical (unpaired) electrons. The fourth-order valence-corrected chi connectivity index (χ4v) is 3.13. The topological polar surface area (TPSA) is 66.8 Å². The second-order valence-electron chi connectivity index (χ2n) is 6.32. The van der Waals surface area contributed by atoms with Gasteiger partial charge in [0.25, 0.3) is 0 Å². The number of benzene rings is 3. The molecule has 0 saturated heterocycles. The van der Waals surface area contributed by atoms with Gasteiger partial charge in [-0.05, 0) is 41.0 Å². The maximum Gasteiger partial charge on any atom is 0.348 e. The van der Waals surface area contributed by atoms with Gasteiger partial charge in [-0.1, -0.05) is 77.8 Å². The summed E-state index contributed by atoms with van der Waals surface area (Å²) in [5, 5.41) is 21.9. The quantitative estimate of drug-likeness (QED) is 0.408. The van der Waals surface area contributed by atoms with E-state index < -0.39 is 11.6 Å². The maximum absolute atomic E-state index is 13.0. The standard InChI is InChI=1S/C23H18Cl2O4/c24-20-10-6-18(7-11-20)23(28,19-8-12-21(25)13-9-19)22(27)29-15-17(14-26)16-4-2-1-3-5-16/h1-14,26,28H,15H2. The highest BCUT2D eigenvalue weighted by Crippen LogP contribution is 2.33. The lowest BCUT2D eigenvalue weighted by Crippen LogP contribution is -2.38. The predicted molar refractivity (Wildman–Crippen MR) is 114 cm³/mol. The Kier molecular flexibility index (Phi) is 6.60. The summed E-state index contributed by atoms with van der Waals surface area (Å²) in [6, 6.07) is 21.5. The normalized spacial score (nSPS) is 11.9. The molecule has 0 aliphatic rings. The number of hydrogen-bond donors (Lipinski definition) is 2. The second kappa shape index (κ2) is 9.14. The second-order valence-corrected chi connectivity index (χ2v) is 7.19. The summed E-state index contributed by atoms with van der Waals surface area (Å²) in [6.45, 7) is -0.219. The smallest absolute Gasteiger partial charge is 0.348 e. The Labute approximate surface area is 178 Å². The van der Waals surface area contributed by atoms with Crippen LogP contribution in [0.15, 0.2) is 85.1 Å². The van der Waals surface area contributed by atoms with Crippen molar-refractivity contribution >= 4 is 34.7 Å². The Balaban J connectivity index is 1.92. The van der Waals surface area contributed by atoms with Crippen molar-refractivity contribution in [1.29, 1.82) is 0 Å². The summed E-state index contributed by atoms with van der Waals surface area (Å²) in [5.74, 6) is -0.891. The van der Waals surface area contributed by atoms with Crippen molar-refractivity contribution in [3.05, 3.63) is 112 Å². The Morgan fingerprint density at radius 3 is 1.79 bits per heavy atom. The van der Waals surface area contributed by atoms with E-state index >= 15 is 0 Å². The molecule has 0 aromatic heterocycles. The molecule has 29 heavy (non-hydrogen) atoms. The van der Waals surface area contributed by atoms with Gasteiger partial charge in [-0.3, -0.25) is 0 Å². The third-order valence-corrected chi connectivity index (χ3v) is 4.98. The summed E-state index contributed by atoms with van der Waals surface area (Å²) in [5.41, 5.74) is -0.392. The third-order valence-electron chi connectivity index (χ3n) is 4.48. The minimum absolute atomic E-state index is 0.219. The predicted octanol–water partition coefficient (Wildman–Crippen LogP) is 5.37. The van der Waals surface area contributed by atoms with Gasteiger partial charge in [0.2, 0.25) is 5.60 Å². The summed E-state index contributed by atoms with van der Waals surface area (Å²) in [6.07, 6.45) is 0.881. The number of carbonyl (C=O) groups excluding carboxylic acids is 1. The molecule has 0 bridgehead atoms.